The van der Waals surface area contributed by atoms with Crippen LogP contribution >= 0.6 is 0 Å². The van der Waals surface area contributed by atoms with E-state index in [4.69, 9.17) is 0 Å². The smallest absolute Gasteiger partial charge is 0.333 e. The van der Waals surface area contributed by atoms with Gasteiger partial charge in [-0.2, -0.15) is 5.06 Å². The van der Waals surface area contributed by atoms with E-state index in [1.54, 1.807) is 21.9 Å². The van der Waals surface area contributed by atoms with Crippen LogP contribution in [0.25, 0.3) is 0 Å². The fourth-order valence-electron chi connectivity index (χ4n) is 5.98. The van der Waals surface area contributed by atoms with E-state index in [1.165, 1.54) is 18.6 Å². The summed E-state index contributed by atoms with van der Waals surface area (Å²) in [5.41, 5.74) is 0.140. The third-order valence-corrected chi connectivity index (χ3v) is 7.92. The second-order valence-corrected chi connectivity index (χ2v) is 10.7. The highest BCUT2D eigenvalue weighted by molar-refractivity contribution is 5.81. The van der Waals surface area contributed by atoms with Gasteiger partial charge >= 0.3 is 12.1 Å². The minimum Gasteiger partial charge on any atom is -0.333 e. The van der Waals surface area contributed by atoms with Crippen LogP contribution in [0.15, 0.2) is 24.3 Å². The Morgan fingerprint density at radius 2 is 1.65 bits per heavy atom. The van der Waals surface area contributed by atoms with Crippen molar-refractivity contribution in [3.05, 3.63) is 35.6 Å². The van der Waals surface area contributed by atoms with E-state index in [-0.39, 0.29) is 23.9 Å². The zero-order valence-electron chi connectivity index (χ0n) is 20.5. The number of carbonyl (C=O) groups excluding carboxylic acids is 2. The van der Waals surface area contributed by atoms with Crippen LogP contribution in [-0.2, 0) is 6.42 Å². The molecule has 0 spiro atoms. The van der Waals surface area contributed by atoms with E-state index in [0.717, 1.165) is 68.4 Å². The summed E-state index contributed by atoms with van der Waals surface area (Å²) in [7, 11) is 0. The van der Waals surface area contributed by atoms with Crippen molar-refractivity contribution < 1.29 is 19.2 Å². The molecular formula is C26H39FN4O3. The van der Waals surface area contributed by atoms with Crippen LogP contribution in [0, 0.1) is 5.82 Å². The van der Waals surface area contributed by atoms with E-state index in [2.05, 4.69) is 5.32 Å². The third-order valence-electron chi connectivity index (χ3n) is 7.92. The molecule has 1 atom stereocenters. The summed E-state index contributed by atoms with van der Waals surface area (Å²) in [4.78, 5) is 30.4. The van der Waals surface area contributed by atoms with Gasteiger partial charge in [-0.25, -0.2) is 14.0 Å². The molecule has 4 rings (SSSR count). The molecule has 3 fully saturated rings. The number of urea groups is 2. The van der Waals surface area contributed by atoms with Crippen molar-refractivity contribution in [2.75, 3.05) is 6.54 Å². The molecule has 1 aliphatic heterocycles. The Labute approximate surface area is 202 Å². The van der Waals surface area contributed by atoms with Crippen LogP contribution in [-0.4, -0.2) is 62.5 Å². The zero-order chi connectivity index (χ0) is 24.3. The number of nitrogens with one attached hydrogen (secondary N) is 1. The van der Waals surface area contributed by atoms with E-state index >= 15 is 0 Å². The number of hydroxylamine groups is 2. The first-order chi connectivity index (χ1) is 16.3. The number of benzene rings is 1. The lowest BCUT2D eigenvalue weighted by Gasteiger charge is -2.41. The Bertz CT molecular complexity index is 850. The van der Waals surface area contributed by atoms with Crippen molar-refractivity contribution in [3.63, 3.8) is 0 Å². The lowest BCUT2D eigenvalue weighted by molar-refractivity contribution is -0.141. The van der Waals surface area contributed by atoms with Gasteiger partial charge in [0.15, 0.2) is 6.17 Å². The predicted octanol–water partition coefficient (Wildman–Crippen LogP) is 5.28. The van der Waals surface area contributed by atoms with Crippen molar-refractivity contribution in [1.29, 1.82) is 0 Å². The first-order valence-corrected chi connectivity index (χ1v) is 12.9. The molecule has 0 radical (unpaired) electrons. The van der Waals surface area contributed by atoms with Crippen LogP contribution in [0.5, 0.6) is 0 Å². The molecule has 1 aromatic carbocycles. The van der Waals surface area contributed by atoms with Gasteiger partial charge in [-0.1, -0.05) is 50.7 Å². The number of hydrogen-bond donors (Lipinski definition) is 2. The summed E-state index contributed by atoms with van der Waals surface area (Å²) < 4.78 is 13.3. The lowest BCUT2D eigenvalue weighted by atomic mass is 9.92. The minimum absolute atomic E-state index is 0.00141. The molecule has 8 heteroatoms. The summed E-state index contributed by atoms with van der Waals surface area (Å²) in [6.45, 7) is 4.26. The van der Waals surface area contributed by atoms with Crippen LogP contribution in [0.2, 0.25) is 0 Å². The molecule has 0 aromatic heterocycles. The maximum Gasteiger partial charge on any atom is 0.343 e. The first-order valence-electron chi connectivity index (χ1n) is 12.9. The molecule has 188 valence electrons. The lowest BCUT2D eigenvalue weighted by Crippen LogP contribution is -2.61. The Kier molecular flexibility index (Phi) is 7.65. The second-order valence-electron chi connectivity index (χ2n) is 10.7. The quantitative estimate of drug-likeness (QED) is 0.435. The molecule has 2 saturated carbocycles. The summed E-state index contributed by atoms with van der Waals surface area (Å²) in [6.07, 6.45) is 9.94. The van der Waals surface area contributed by atoms with Crippen molar-refractivity contribution in [2.24, 2.45) is 0 Å². The second kappa shape index (κ2) is 10.5. The SMILES string of the molecule is CC1(C)[C@H](N(O)C(=O)NC2CCCCC2)N(C2CCCCC2)C(=O)N1CCc1ccc(F)cc1. The highest BCUT2D eigenvalue weighted by Gasteiger charge is 2.57. The standard InChI is InChI=1S/C26H39FN4O3/c1-26(2)23(31(34)24(32)28-21-9-5-3-6-10-21)30(22-11-7-4-8-12-22)25(33)29(26)18-17-19-13-15-20(27)16-14-19/h13-16,21-23,34H,3-12,17-18H2,1-2H3,(H,28,32)/t23-/m0/s1. The highest BCUT2D eigenvalue weighted by Crippen LogP contribution is 2.39. The molecular weight excluding hydrogens is 435 g/mol. The minimum atomic E-state index is -0.798. The molecule has 1 saturated heterocycles. The Balaban J connectivity index is 1.54. The van der Waals surface area contributed by atoms with Gasteiger partial charge in [0.05, 0.1) is 5.54 Å². The number of halogens is 1. The number of amides is 4. The van der Waals surface area contributed by atoms with Gasteiger partial charge < -0.3 is 10.2 Å². The average Bonchev–Trinajstić information content (AvgIpc) is 3.04. The Morgan fingerprint density at radius 1 is 1.06 bits per heavy atom. The molecule has 7 nitrogen and oxygen atoms in total. The van der Waals surface area contributed by atoms with Gasteiger partial charge in [0.25, 0.3) is 0 Å². The largest absolute Gasteiger partial charge is 0.343 e. The fourth-order valence-corrected chi connectivity index (χ4v) is 5.98. The van der Waals surface area contributed by atoms with Crippen LogP contribution < -0.4 is 5.32 Å². The highest BCUT2D eigenvalue weighted by atomic mass is 19.1. The topological polar surface area (TPSA) is 76.1 Å². The molecule has 2 N–H and O–H groups in total. The fraction of sp³-hybridized carbons (Fsp3) is 0.692. The molecule has 1 aromatic rings. The van der Waals surface area contributed by atoms with Gasteiger partial charge in [0.1, 0.15) is 5.82 Å². The van der Waals surface area contributed by atoms with Gasteiger partial charge in [0.2, 0.25) is 0 Å². The van der Waals surface area contributed by atoms with Crippen molar-refractivity contribution in [1.82, 2.24) is 20.2 Å². The summed E-state index contributed by atoms with van der Waals surface area (Å²) in [5, 5.41) is 15.0. The normalized spacial score (nSPS) is 23.9. The zero-order valence-corrected chi connectivity index (χ0v) is 20.5. The molecule has 1 heterocycles. The molecule has 0 bridgehead atoms. The van der Waals surface area contributed by atoms with Crippen LogP contribution in [0.4, 0.5) is 14.0 Å². The van der Waals surface area contributed by atoms with Crippen LogP contribution in [0.1, 0.15) is 83.6 Å². The molecule has 3 aliphatic rings. The van der Waals surface area contributed by atoms with Gasteiger partial charge in [-0.15, -0.1) is 0 Å². The van der Waals surface area contributed by atoms with E-state index < -0.39 is 17.7 Å². The number of hydrogen-bond acceptors (Lipinski definition) is 3. The molecule has 0 unspecified atom stereocenters. The van der Waals surface area contributed by atoms with E-state index in [9.17, 15) is 19.2 Å². The molecule has 4 amide bonds. The van der Waals surface area contributed by atoms with Gasteiger partial charge in [-0.3, -0.25) is 10.1 Å². The Morgan fingerprint density at radius 3 is 2.26 bits per heavy atom. The number of nitrogens with zero attached hydrogens (tertiary/aromatic N) is 3. The summed E-state index contributed by atoms with van der Waals surface area (Å²) in [5.74, 6) is -0.287. The molecule has 2 aliphatic carbocycles. The predicted molar refractivity (Wildman–Crippen MR) is 128 cm³/mol. The Hall–Kier alpha value is -2.35. The van der Waals surface area contributed by atoms with E-state index in [0.29, 0.717) is 13.0 Å². The third kappa shape index (κ3) is 5.16. The van der Waals surface area contributed by atoms with Gasteiger partial charge in [-0.05, 0) is 63.6 Å². The van der Waals surface area contributed by atoms with Crippen LogP contribution in [0.3, 0.4) is 0 Å². The summed E-state index contributed by atoms with van der Waals surface area (Å²) in [6, 6.07) is 5.70. The summed E-state index contributed by atoms with van der Waals surface area (Å²) >= 11 is 0. The monoisotopic (exact) mass is 474 g/mol. The molecule has 34 heavy (non-hydrogen) atoms. The first kappa shape index (κ1) is 24.8. The van der Waals surface area contributed by atoms with Crippen molar-refractivity contribution >= 4 is 12.1 Å². The number of carbonyl (C=O) groups is 2. The van der Waals surface area contributed by atoms with Crippen molar-refractivity contribution in [3.8, 4) is 0 Å². The maximum atomic E-state index is 13.7. The van der Waals surface area contributed by atoms with Crippen molar-refractivity contribution in [2.45, 2.75) is 108 Å². The van der Waals surface area contributed by atoms with Gasteiger partial charge in [0, 0.05) is 18.6 Å². The van der Waals surface area contributed by atoms with E-state index in [1.807, 2.05) is 13.8 Å². The maximum absolute atomic E-state index is 13.7. The average molecular weight is 475 g/mol. The number of rotatable bonds is 6.